The predicted molar refractivity (Wildman–Crippen MR) is 120 cm³/mol. The lowest BCUT2D eigenvalue weighted by molar-refractivity contribution is -0.118. The molecule has 1 amide bonds. The molecule has 0 unspecified atom stereocenters. The second-order valence-corrected chi connectivity index (χ2v) is 8.59. The Hall–Kier alpha value is -3.75. The number of alkyl halides is 2. The molecule has 1 N–H and O–H groups in total. The SMILES string of the molecule is CC(F)(F)c1ccc(F)c(CC(=O)Cc2ccc(Oc3ccnc(NC(=O)C4CC4)c3)c(F)c2)c1. The molecule has 0 atom stereocenters. The Balaban J connectivity index is 1.40. The number of halogens is 4. The fourth-order valence-corrected chi connectivity index (χ4v) is 3.47. The van der Waals surface area contributed by atoms with Gasteiger partial charge in [0.1, 0.15) is 23.2 Å². The van der Waals surface area contributed by atoms with Gasteiger partial charge in [-0.15, -0.1) is 0 Å². The molecule has 1 aliphatic carbocycles. The molecule has 35 heavy (non-hydrogen) atoms. The van der Waals surface area contributed by atoms with Crippen LogP contribution in [0.4, 0.5) is 23.4 Å². The summed E-state index contributed by atoms with van der Waals surface area (Å²) in [6.45, 7) is 0.690. The molecular formula is C26H22F4N2O3. The molecular weight excluding hydrogens is 464 g/mol. The average Bonchev–Trinajstić information content (AvgIpc) is 3.62. The van der Waals surface area contributed by atoms with Crippen molar-refractivity contribution in [1.82, 2.24) is 4.98 Å². The molecule has 1 aromatic heterocycles. The van der Waals surface area contributed by atoms with Crippen molar-refractivity contribution in [3.05, 3.63) is 83.1 Å². The van der Waals surface area contributed by atoms with Gasteiger partial charge in [0.15, 0.2) is 11.6 Å². The first-order valence-corrected chi connectivity index (χ1v) is 11.0. The predicted octanol–water partition coefficient (Wildman–Crippen LogP) is 5.97. The van der Waals surface area contributed by atoms with Gasteiger partial charge in [0, 0.05) is 43.5 Å². The lowest BCUT2D eigenvalue weighted by Crippen LogP contribution is -2.14. The van der Waals surface area contributed by atoms with E-state index >= 15 is 0 Å². The molecule has 1 heterocycles. The van der Waals surface area contributed by atoms with Crippen LogP contribution in [0, 0.1) is 17.6 Å². The first-order valence-electron chi connectivity index (χ1n) is 11.0. The van der Waals surface area contributed by atoms with Crippen molar-refractivity contribution in [2.45, 2.75) is 38.5 Å². The summed E-state index contributed by atoms with van der Waals surface area (Å²) in [7, 11) is 0. The highest BCUT2D eigenvalue weighted by Gasteiger charge is 2.30. The van der Waals surface area contributed by atoms with Crippen LogP contribution in [0.2, 0.25) is 0 Å². The monoisotopic (exact) mass is 486 g/mol. The first-order chi connectivity index (χ1) is 16.6. The number of carbonyl (C=O) groups excluding carboxylic acids is 2. The molecule has 4 rings (SSSR count). The van der Waals surface area contributed by atoms with Crippen molar-refractivity contribution < 1.29 is 31.9 Å². The fraction of sp³-hybridized carbons (Fsp3) is 0.269. The Morgan fingerprint density at radius 2 is 1.80 bits per heavy atom. The second-order valence-electron chi connectivity index (χ2n) is 8.59. The van der Waals surface area contributed by atoms with Crippen LogP contribution in [0.15, 0.2) is 54.7 Å². The summed E-state index contributed by atoms with van der Waals surface area (Å²) in [5, 5.41) is 2.68. The number of aromatic nitrogens is 1. The van der Waals surface area contributed by atoms with Crippen molar-refractivity contribution >= 4 is 17.5 Å². The van der Waals surface area contributed by atoms with Gasteiger partial charge < -0.3 is 10.1 Å². The van der Waals surface area contributed by atoms with Crippen LogP contribution in [0.1, 0.15) is 36.5 Å². The van der Waals surface area contributed by atoms with E-state index in [1.165, 1.54) is 30.5 Å². The Kier molecular flexibility index (Phi) is 6.86. The molecule has 1 fully saturated rings. The maximum atomic E-state index is 14.6. The molecule has 3 aromatic rings. The summed E-state index contributed by atoms with van der Waals surface area (Å²) in [5.41, 5.74) is -0.207. The number of ketones is 1. The van der Waals surface area contributed by atoms with E-state index in [4.69, 9.17) is 4.74 Å². The van der Waals surface area contributed by atoms with Crippen molar-refractivity contribution in [3.63, 3.8) is 0 Å². The first kappa shape index (κ1) is 24.4. The third-order valence-corrected chi connectivity index (χ3v) is 5.50. The van der Waals surface area contributed by atoms with Crippen molar-refractivity contribution in [2.75, 3.05) is 5.32 Å². The summed E-state index contributed by atoms with van der Waals surface area (Å²) >= 11 is 0. The fourth-order valence-electron chi connectivity index (χ4n) is 3.47. The highest BCUT2D eigenvalue weighted by atomic mass is 19.3. The number of rotatable bonds is 9. The molecule has 0 radical (unpaired) electrons. The molecule has 182 valence electrons. The van der Waals surface area contributed by atoms with Crippen LogP contribution in [0.3, 0.4) is 0 Å². The average molecular weight is 486 g/mol. The number of nitrogens with zero attached hydrogens (tertiary/aromatic N) is 1. The zero-order valence-electron chi connectivity index (χ0n) is 18.8. The van der Waals surface area contributed by atoms with E-state index in [0.29, 0.717) is 18.3 Å². The van der Waals surface area contributed by atoms with Gasteiger partial charge in [0.2, 0.25) is 5.91 Å². The number of hydrogen-bond acceptors (Lipinski definition) is 4. The summed E-state index contributed by atoms with van der Waals surface area (Å²) in [4.78, 5) is 28.3. The van der Waals surface area contributed by atoms with E-state index in [1.54, 1.807) is 0 Å². The van der Waals surface area contributed by atoms with Crippen molar-refractivity contribution in [3.8, 4) is 11.5 Å². The van der Waals surface area contributed by atoms with Gasteiger partial charge >= 0.3 is 0 Å². The third-order valence-electron chi connectivity index (χ3n) is 5.50. The van der Waals surface area contributed by atoms with E-state index in [0.717, 1.165) is 37.1 Å². The number of nitrogens with one attached hydrogen (secondary N) is 1. The van der Waals surface area contributed by atoms with Crippen LogP contribution in [0.25, 0.3) is 0 Å². The maximum Gasteiger partial charge on any atom is 0.270 e. The van der Waals surface area contributed by atoms with Gasteiger partial charge in [-0.05, 0) is 54.3 Å². The number of Topliss-reactive ketones (excluding diaryl/α,β-unsaturated/α-hetero) is 1. The van der Waals surface area contributed by atoms with Crippen LogP contribution >= 0.6 is 0 Å². The smallest absolute Gasteiger partial charge is 0.270 e. The van der Waals surface area contributed by atoms with Crippen LogP contribution in [0.5, 0.6) is 11.5 Å². The summed E-state index contributed by atoms with van der Waals surface area (Å²) in [6.07, 6.45) is 2.50. The molecule has 9 heteroatoms. The number of amides is 1. The maximum absolute atomic E-state index is 14.6. The van der Waals surface area contributed by atoms with Crippen LogP contribution in [-0.2, 0) is 28.4 Å². The lowest BCUT2D eigenvalue weighted by atomic mass is 9.99. The van der Waals surface area contributed by atoms with Gasteiger partial charge in [-0.25, -0.2) is 22.5 Å². The van der Waals surface area contributed by atoms with E-state index in [9.17, 15) is 27.2 Å². The van der Waals surface area contributed by atoms with Crippen molar-refractivity contribution in [1.29, 1.82) is 0 Å². The largest absolute Gasteiger partial charge is 0.454 e. The number of carbonyl (C=O) groups is 2. The van der Waals surface area contributed by atoms with E-state index in [2.05, 4.69) is 10.3 Å². The quantitative estimate of drug-likeness (QED) is 0.379. The Bertz CT molecular complexity index is 1270. The van der Waals surface area contributed by atoms with Gasteiger partial charge in [-0.2, -0.15) is 0 Å². The summed E-state index contributed by atoms with van der Waals surface area (Å²) in [6, 6.07) is 9.79. The molecule has 0 saturated heterocycles. The number of hydrogen-bond donors (Lipinski definition) is 1. The molecule has 2 aromatic carbocycles. The number of anilines is 1. The summed E-state index contributed by atoms with van der Waals surface area (Å²) in [5.74, 6) is -4.78. The standard InChI is InChI=1S/C26H22F4N2O3/c1-26(29,30)18-5-6-21(27)17(12-18)13-19(33)10-15-2-7-23(22(28)11-15)35-20-8-9-31-24(14-20)32-25(34)16-3-4-16/h2,5-9,11-12,14,16H,3-4,10,13H2,1H3,(H,31,32,34). The normalized spacial score (nSPS) is 13.4. The molecule has 1 aliphatic rings. The molecule has 0 aliphatic heterocycles. The molecule has 5 nitrogen and oxygen atoms in total. The highest BCUT2D eigenvalue weighted by molar-refractivity contribution is 5.93. The van der Waals surface area contributed by atoms with Crippen LogP contribution in [-0.4, -0.2) is 16.7 Å². The molecule has 1 saturated carbocycles. The Morgan fingerprint density at radius 1 is 1.03 bits per heavy atom. The Morgan fingerprint density at radius 3 is 2.49 bits per heavy atom. The van der Waals surface area contributed by atoms with Gasteiger partial charge in [-0.3, -0.25) is 9.59 Å². The number of pyridine rings is 1. The zero-order chi connectivity index (χ0) is 25.2. The molecule has 0 bridgehead atoms. The topological polar surface area (TPSA) is 68.3 Å². The van der Waals surface area contributed by atoms with Crippen molar-refractivity contribution in [2.24, 2.45) is 5.92 Å². The minimum atomic E-state index is -3.16. The number of ether oxygens (including phenoxy) is 1. The zero-order valence-corrected chi connectivity index (χ0v) is 18.8. The van der Waals surface area contributed by atoms with E-state index in [-0.39, 0.29) is 40.9 Å². The molecule has 0 spiro atoms. The van der Waals surface area contributed by atoms with E-state index in [1.807, 2.05) is 0 Å². The summed E-state index contributed by atoms with van der Waals surface area (Å²) < 4.78 is 61.2. The lowest BCUT2D eigenvalue weighted by Gasteiger charge is -2.13. The number of benzene rings is 2. The van der Waals surface area contributed by atoms with Crippen LogP contribution < -0.4 is 10.1 Å². The van der Waals surface area contributed by atoms with Gasteiger partial charge in [-0.1, -0.05) is 12.1 Å². The highest BCUT2D eigenvalue weighted by Crippen LogP contribution is 2.31. The minimum Gasteiger partial charge on any atom is -0.454 e. The second kappa shape index (κ2) is 9.85. The van der Waals surface area contributed by atoms with E-state index < -0.39 is 29.8 Å². The third kappa shape index (κ3) is 6.44. The Labute approximate surface area is 199 Å². The van der Waals surface area contributed by atoms with Gasteiger partial charge in [0.05, 0.1) is 0 Å². The van der Waals surface area contributed by atoms with Gasteiger partial charge in [0.25, 0.3) is 5.92 Å². The minimum absolute atomic E-state index is 0.00194.